The topological polar surface area (TPSA) is 93.7 Å². The number of aromatic nitrogens is 2. The maximum atomic E-state index is 12.7. The highest BCUT2D eigenvalue weighted by molar-refractivity contribution is 7.89. The van der Waals surface area contributed by atoms with Gasteiger partial charge in [-0.3, -0.25) is 0 Å². The van der Waals surface area contributed by atoms with Crippen molar-refractivity contribution < 1.29 is 17.9 Å². The number of nitrogens with one attached hydrogen (secondary N) is 1. The highest BCUT2D eigenvalue weighted by Crippen LogP contribution is 2.17. The van der Waals surface area contributed by atoms with Gasteiger partial charge in [-0.2, -0.15) is 4.31 Å². The van der Waals surface area contributed by atoms with Crippen LogP contribution in [0.15, 0.2) is 17.3 Å². The zero-order valence-electron chi connectivity index (χ0n) is 12.7. The Morgan fingerprint density at radius 3 is 2.38 bits per heavy atom. The Bertz CT molecular complexity index is 521. The van der Waals surface area contributed by atoms with Crippen LogP contribution in [0.25, 0.3) is 0 Å². The molecule has 9 heteroatoms. The third-order valence-electron chi connectivity index (χ3n) is 2.87. The molecule has 0 bridgehead atoms. The minimum absolute atomic E-state index is 0.0422. The lowest BCUT2D eigenvalue weighted by Crippen LogP contribution is -2.43. The molecule has 1 N–H and O–H groups in total. The molecule has 8 nitrogen and oxygen atoms in total. The summed E-state index contributed by atoms with van der Waals surface area (Å²) in [4.78, 5) is 7.92. The molecule has 0 radical (unpaired) electrons. The average molecular weight is 318 g/mol. The third-order valence-corrected chi connectivity index (χ3v) is 4.84. The first-order valence-electron chi connectivity index (χ1n) is 6.46. The minimum Gasteiger partial charge on any atom is -0.383 e. The molecule has 0 fully saturated rings. The smallest absolute Gasteiger partial charge is 0.246 e. The van der Waals surface area contributed by atoms with Crippen LogP contribution in [-0.2, 0) is 19.5 Å². The SMILES string of the molecule is CNc1ncc(S(=O)(=O)N(CCOC)C(C)COC)cn1. The fourth-order valence-electron chi connectivity index (χ4n) is 1.80. The second kappa shape index (κ2) is 8.23. The molecule has 21 heavy (non-hydrogen) atoms. The maximum Gasteiger partial charge on any atom is 0.246 e. The maximum absolute atomic E-state index is 12.7. The first kappa shape index (κ1) is 17.8. The molecule has 1 unspecified atom stereocenters. The van der Waals surface area contributed by atoms with Crippen LogP contribution < -0.4 is 5.32 Å². The van der Waals surface area contributed by atoms with E-state index >= 15 is 0 Å². The number of rotatable bonds is 9. The van der Waals surface area contributed by atoms with Crippen LogP contribution in [0.4, 0.5) is 5.95 Å². The lowest BCUT2D eigenvalue weighted by atomic mass is 10.3. The van der Waals surface area contributed by atoms with Crippen molar-refractivity contribution in [2.24, 2.45) is 0 Å². The van der Waals surface area contributed by atoms with E-state index in [1.165, 1.54) is 30.9 Å². The van der Waals surface area contributed by atoms with E-state index in [0.717, 1.165) is 0 Å². The van der Waals surface area contributed by atoms with Gasteiger partial charge >= 0.3 is 0 Å². The number of ether oxygens (including phenoxy) is 2. The normalized spacial score (nSPS) is 13.4. The van der Waals surface area contributed by atoms with Gasteiger partial charge in [-0.25, -0.2) is 18.4 Å². The molecule has 1 rings (SSSR count). The van der Waals surface area contributed by atoms with E-state index in [-0.39, 0.29) is 17.5 Å². The Labute approximate surface area is 125 Å². The number of anilines is 1. The van der Waals surface area contributed by atoms with Crippen molar-refractivity contribution in [2.75, 3.05) is 46.3 Å². The van der Waals surface area contributed by atoms with Crippen molar-refractivity contribution in [1.29, 1.82) is 0 Å². The van der Waals surface area contributed by atoms with Gasteiger partial charge in [0.25, 0.3) is 0 Å². The molecule has 1 aromatic heterocycles. The van der Waals surface area contributed by atoms with Crippen molar-refractivity contribution in [3.8, 4) is 0 Å². The molecule has 0 amide bonds. The zero-order valence-corrected chi connectivity index (χ0v) is 13.6. The summed E-state index contributed by atoms with van der Waals surface area (Å²) < 4.78 is 36.7. The summed E-state index contributed by atoms with van der Waals surface area (Å²) in [5.41, 5.74) is 0. The Hall–Kier alpha value is -1.29. The molecule has 120 valence electrons. The van der Waals surface area contributed by atoms with Gasteiger partial charge < -0.3 is 14.8 Å². The van der Waals surface area contributed by atoms with Crippen LogP contribution in [0, 0.1) is 0 Å². The molecule has 0 saturated carbocycles. The van der Waals surface area contributed by atoms with Gasteiger partial charge in [0.1, 0.15) is 4.90 Å². The second-order valence-electron chi connectivity index (χ2n) is 4.41. The standard InChI is InChI=1S/C12H22N4O4S/c1-10(9-20-4)16(5-6-19-3)21(17,18)11-7-14-12(13-2)15-8-11/h7-8,10H,5-6,9H2,1-4H3,(H,13,14,15). The molecular formula is C12H22N4O4S. The molecule has 0 aromatic carbocycles. The van der Waals surface area contributed by atoms with Crippen LogP contribution in [0.5, 0.6) is 0 Å². The fourth-order valence-corrected chi connectivity index (χ4v) is 3.29. The molecule has 0 aliphatic carbocycles. The molecule has 1 atom stereocenters. The van der Waals surface area contributed by atoms with Gasteiger partial charge in [-0.15, -0.1) is 0 Å². The number of hydrogen-bond donors (Lipinski definition) is 1. The summed E-state index contributed by atoms with van der Waals surface area (Å²) in [6.07, 6.45) is 2.57. The summed E-state index contributed by atoms with van der Waals surface area (Å²) in [5.74, 6) is 0.363. The Morgan fingerprint density at radius 1 is 1.29 bits per heavy atom. The highest BCUT2D eigenvalue weighted by Gasteiger charge is 2.29. The average Bonchev–Trinajstić information content (AvgIpc) is 2.47. The van der Waals surface area contributed by atoms with E-state index in [1.54, 1.807) is 14.0 Å². The van der Waals surface area contributed by atoms with Crippen LogP contribution in [0.2, 0.25) is 0 Å². The third kappa shape index (κ3) is 4.60. The number of nitrogens with zero attached hydrogens (tertiary/aromatic N) is 3. The van der Waals surface area contributed by atoms with Gasteiger partial charge in [-0.05, 0) is 6.92 Å². The summed E-state index contributed by atoms with van der Waals surface area (Å²) >= 11 is 0. The van der Waals surface area contributed by atoms with Gasteiger partial charge in [0.15, 0.2) is 0 Å². The van der Waals surface area contributed by atoms with Crippen molar-refractivity contribution in [3.63, 3.8) is 0 Å². The second-order valence-corrected chi connectivity index (χ2v) is 6.30. The van der Waals surface area contributed by atoms with Gasteiger partial charge in [0.2, 0.25) is 16.0 Å². The zero-order chi connectivity index (χ0) is 15.9. The number of hydrogen-bond acceptors (Lipinski definition) is 7. The van der Waals surface area contributed by atoms with Crippen LogP contribution in [-0.4, -0.2) is 69.8 Å². The van der Waals surface area contributed by atoms with E-state index < -0.39 is 10.0 Å². The fraction of sp³-hybridized carbons (Fsp3) is 0.667. The van der Waals surface area contributed by atoms with E-state index in [0.29, 0.717) is 19.2 Å². The first-order chi connectivity index (χ1) is 9.97. The van der Waals surface area contributed by atoms with Gasteiger partial charge in [-0.1, -0.05) is 0 Å². The molecule has 0 aliphatic heterocycles. The molecule has 0 saturated heterocycles. The predicted octanol–water partition coefficient (Wildman–Crippen LogP) is 0.190. The van der Waals surface area contributed by atoms with Gasteiger partial charge in [0, 0.05) is 33.9 Å². The Balaban J connectivity index is 3.06. The summed E-state index contributed by atoms with van der Waals surface area (Å²) in [6.45, 7) is 2.60. The summed E-state index contributed by atoms with van der Waals surface area (Å²) in [6, 6.07) is -0.320. The lowest BCUT2D eigenvalue weighted by Gasteiger charge is -2.27. The predicted molar refractivity (Wildman–Crippen MR) is 78.7 cm³/mol. The summed E-state index contributed by atoms with van der Waals surface area (Å²) in [5, 5.41) is 2.74. The molecule has 1 heterocycles. The quantitative estimate of drug-likeness (QED) is 0.694. The van der Waals surface area contributed by atoms with Gasteiger partial charge in [0.05, 0.1) is 25.6 Å². The van der Waals surface area contributed by atoms with Crippen molar-refractivity contribution in [3.05, 3.63) is 12.4 Å². The van der Waals surface area contributed by atoms with E-state index in [2.05, 4.69) is 15.3 Å². The Morgan fingerprint density at radius 2 is 1.90 bits per heavy atom. The number of sulfonamides is 1. The Kier molecular flexibility index (Phi) is 6.96. The monoisotopic (exact) mass is 318 g/mol. The largest absolute Gasteiger partial charge is 0.383 e. The van der Waals surface area contributed by atoms with E-state index in [9.17, 15) is 8.42 Å². The van der Waals surface area contributed by atoms with Crippen LogP contribution >= 0.6 is 0 Å². The molecule has 0 aliphatic rings. The van der Waals surface area contributed by atoms with Crippen molar-refractivity contribution in [2.45, 2.75) is 17.9 Å². The van der Waals surface area contributed by atoms with Crippen LogP contribution in [0.3, 0.4) is 0 Å². The lowest BCUT2D eigenvalue weighted by molar-refractivity contribution is 0.119. The van der Waals surface area contributed by atoms with Crippen LogP contribution in [0.1, 0.15) is 6.92 Å². The summed E-state index contributed by atoms with van der Waals surface area (Å²) in [7, 11) is 1.02. The molecule has 1 aromatic rings. The number of methoxy groups -OCH3 is 2. The minimum atomic E-state index is -3.70. The van der Waals surface area contributed by atoms with Crippen molar-refractivity contribution in [1.82, 2.24) is 14.3 Å². The molecular weight excluding hydrogens is 296 g/mol. The van der Waals surface area contributed by atoms with E-state index in [1.807, 2.05) is 0 Å². The van der Waals surface area contributed by atoms with E-state index in [4.69, 9.17) is 9.47 Å². The van der Waals surface area contributed by atoms with Crippen molar-refractivity contribution >= 4 is 16.0 Å². The molecule has 0 spiro atoms. The first-order valence-corrected chi connectivity index (χ1v) is 7.90. The highest BCUT2D eigenvalue weighted by atomic mass is 32.2.